The Morgan fingerprint density at radius 3 is 2.62 bits per heavy atom. The molecule has 1 saturated heterocycles. The molecule has 4 rings (SSSR count). The lowest BCUT2D eigenvalue weighted by molar-refractivity contribution is 0.439. The molecule has 8 heteroatoms. The van der Waals surface area contributed by atoms with Gasteiger partial charge in [-0.3, -0.25) is 4.79 Å². The van der Waals surface area contributed by atoms with Crippen molar-refractivity contribution < 1.29 is 0 Å². The summed E-state index contributed by atoms with van der Waals surface area (Å²) in [7, 11) is 1.99. The molecule has 3 aromatic rings. The summed E-state index contributed by atoms with van der Waals surface area (Å²) < 4.78 is 1.84. The topological polar surface area (TPSA) is 91.7 Å². The van der Waals surface area contributed by atoms with Crippen molar-refractivity contribution in [3.8, 4) is 17.1 Å². The van der Waals surface area contributed by atoms with Gasteiger partial charge in [0.2, 0.25) is 5.95 Å². The maximum atomic E-state index is 12.5. The molecular weight excluding hydrogens is 330 g/mol. The van der Waals surface area contributed by atoms with Crippen LogP contribution in [0, 0.1) is 0 Å². The van der Waals surface area contributed by atoms with Gasteiger partial charge in [0.1, 0.15) is 11.5 Å². The molecule has 0 unspecified atom stereocenters. The highest BCUT2D eigenvalue weighted by Crippen LogP contribution is 2.17. The van der Waals surface area contributed by atoms with Crippen LogP contribution in [-0.2, 0) is 0 Å². The van der Waals surface area contributed by atoms with E-state index in [1.165, 1.54) is 0 Å². The van der Waals surface area contributed by atoms with Crippen LogP contribution in [0.1, 0.15) is 12.8 Å². The Balaban J connectivity index is 1.56. The molecule has 0 radical (unpaired) electrons. The summed E-state index contributed by atoms with van der Waals surface area (Å²) in [4.78, 5) is 22.1. The number of hydrogen-bond acceptors (Lipinski definition) is 6. The van der Waals surface area contributed by atoms with Gasteiger partial charge in [-0.1, -0.05) is 0 Å². The fourth-order valence-corrected chi connectivity index (χ4v) is 3.22. The van der Waals surface area contributed by atoms with Crippen LogP contribution < -0.4 is 15.6 Å². The lowest BCUT2D eigenvalue weighted by Gasteiger charge is -2.31. The number of rotatable bonds is 4. The van der Waals surface area contributed by atoms with Crippen LogP contribution >= 0.6 is 0 Å². The maximum absolute atomic E-state index is 12.5. The highest BCUT2D eigenvalue weighted by Gasteiger charge is 2.20. The van der Waals surface area contributed by atoms with E-state index in [1.807, 2.05) is 36.1 Å². The van der Waals surface area contributed by atoms with Crippen LogP contribution in [0.2, 0.25) is 0 Å². The minimum Gasteiger partial charge on any atom is -0.347 e. The predicted octanol–water partition coefficient (Wildman–Crippen LogP) is 1.21. The molecule has 4 heterocycles. The Morgan fingerprint density at radius 1 is 1.19 bits per heavy atom. The van der Waals surface area contributed by atoms with Crippen molar-refractivity contribution in [3.05, 3.63) is 53.2 Å². The zero-order valence-corrected chi connectivity index (χ0v) is 14.6. The fraction of sp³-hybridized carbons (Fsp3) is 0.333. The molecule has 1 aliphatic rings. The van der Waals surface area contributed by atoms with Crippen LogP contribution in [-0.4, -0.2) is 50.9 Å². The van der Waals surface area contributed by atoms with Crippen molar-refractivity contribution in [2.45, 2.75) is 18.9 Å². The molecular formula is C18H21N7O. The third kappa shape index (κ3) is 3.23. The number of H-pyrrole nitrogens is 1. The lowest BCUT2D eigenvalue weighted by Crippen LogP contribution is -2.42. The Bertz CT molecular complexity index is 911. The summed E-state index contributed by atoms with van der Waals surface area (Å²) >= 11 is 0. The fourth-order valence-electron chi connectivity index (χ4n) is 3.22. The van der Waals surface area contributed by atoms with Crippen LogP contribution in [0.15, 0.2) is 47.8 Å². The van der Waals surface area contributed by atoms with E-state index in [0.717, 1.165) is 25.9 Å². The summed E-state index contributed by atoms with van der Waals surface area (Å²) in [5.74, 6) is 1.29. The Labute approximate surface area is 150 Å². The molecule has 1 fully saturated rings. The molecule has 26 heavy (non-hydrogen) atoms. The number of anilines is 1. The standard InChI is InChI=1S/C18H21N7O/c1-24(13-4-6-19-7-5-13)18-21-12-15(22-23-18)14-11-20-17(10-16(14)26)25-8-2-3-9-25/h2-3,8-13,19H,4-7H2,1H3,(H,20,26). The van der Waals surface area contributed by atoms with Gasteiger partial charge in [0.05, 0.1) is 11.8 Å². The number of pyridine rings is 1. The van der Waals surface area contributed by atoms with Gasteiger partial charge in [-0.25, -0.2) is 4.98 Å². The van der Waals surface area contributed by atoms with Crippen molar-refractivity contribution in [2.75, 3.05) is 25.0 Å². The second-order valence-electron chi connectivity index (χ2n) is 6.42. The summed E-state index contributed by atoms with van der Waals surface area (Å²) in [6, 6.07) is 5.76. The van der Waals surface area contributed by atoms with Crippen molar-refractivity contribution in [3.63, 3.8) is 0 Å². The molecule has 3 aromatic heterocycles. The van der Waals surface area contributed by atoms with Gasteiger partial charge in [0, 0.05) is 37.7 Å². The number of nitrogens with zero attached hydrogens (tertiary/aromatic N) is 5. The summed E-state index contributed by atoms with van der Waals surface area (Å²) in [5, 5.41) is 11.8. The van der Waals surface area contributed by atoms with Crippen molar-refractivity contribution in [1.29, 1.82) is 0 Å². The first-order chi connectivity index (χ1) is 12.7. The largest absolute Gasteiger partial charge is 0.347 e. The first-order valence-electron chi connectivity index (χ1n) is 8.72. The van der Waals surface area contributed by atoms with Gasteiger partial charge in [-0.05, 0) is 38.1 Å². The molecule has 0 aliphatic carbocycles. The van der Waals surface area contributed by atoms with Gasteiger partial charge in [-0.15, -0.1) is 10.2 Å². The number of aromatic nitrogens is 5. The van der Waals surface area contributed by atoms with E-state index in [4.69, 9.17) is 0 Å². The molecule has 0 atom stereocenters. The predicted molar refractivity (Wildman–Crippen MR) is 99.5 cm³/mol. The average molecular weight is 351 g/mol. The highest BCUT2D eigenvalue weighted by atomic mass is 16.1. The lowest BCUT2D eigenvalue weighted by atomic mass is 10.1. The second-order valence-corrected chi connectivity index (χ2v) is 6.42. The van der Waals surface area contributed by atoms with E-state index in [0.29, 0.717) is 29.1 Å². The van der Waals surface area contributed by atoms with Gasteiger partial charge in [-0.2, -0.15) is 0 Å². The number of hydrogen-bond donors (Lipinski definition) is 2. The van der Waals surface area contributed by atoms with Gasteiger partial charge in [0.25, 0.3) is 0 Å². The second kappa shape index (κ2) is 7.09. The third-order valence-corrected chi connectivity index (χ3v) is 4.78. The molecule has 0 aromatic carbocycles. The van der Waals surface area contributed by atoms with E-state index in [9.17, 15) is 4.79 Å². The van der Waals surface area contributed by atoms with Crippen LogP contribution in [0.5, 0.6) is 0 Å². The summed E-state index contributed by atoms with van der Waals surface area (Å²) in [5.41, 5.74) is 0.799. The molecule has 1 aliphatic heterocycles. The van der Waals surface area contributed by atoms with E-state index < -0.39 is 0 Å². The molecule has 2 N–H and O–H groups in total. The third-order valence-electron chi connectivity index (χ3n) is 4.78. The smallest absolute Gasteiger partial charge is 0.245 e. The van der Waals surface area contributed by atoms with E-state index in [2.05, 4.69) is 30.4 Å². The maximum Gasteiger partial charge on any atom is 0.245 e. The van der Waals surface area contributed by atoms with E-state index in [1.54, 1.807) is 18.5 Å². The quantitative estimate of drug-likeness (QED) is 0.734. The average Bonchev–Trinajstić information content (AvgIpc) is 3.23. The molecule has 8 nitrogen and oxygen atoms in total. The Hall–Kier alpha value is -3.00. The van der Waals surface area contributed by atoms with Crippen LogP contribution in [0.4, 0.5) is 5.95 Å². The van der Waals surface area contributed by atoms with E-state index in [-0.39, 0.29) is 5.43 Å². The molecule has 0 saturated carbocycles. The zero-order chi connectivity index (χ0) is 17.9. The summed E-state index contributed by atoms with van der Waals surface area (Å²) in [6.07, 6.45) is 9.12. The Kier molecular flexibility index (Phi) is 4.49. The van der Waals surface area contributed by atoms with Gasteiger partial charge >= 0.3 is 0 Å². The van der Waals surface area contributed by atoms with Crippen LogP contribution in [0.25, 0.3) is 17.1 Å². The molecule has 0 bridgehead atoms. The minimum atomic E-state index is -0.122. The molecule has 0 spiro atoms. The minimum absolute atomic E-state index is 0.122. The number of piperidine rings is 1. The Morgan fingerprint density at radius 2 is 1.96 bits per heavy atom. The summed E-state index contributed by atoms with van der Waals surface area (Å²) in [6.45, 7) is 2.01. The first-order valence-corrected chi connectivity index (χ1v) is 8.72. The number of nitrogens with one attached hydrogen (secondary N) is 2. The normalized spacial score (nSPS) is 15.1. The number of aromatic amines is 1. The SMILES string of the molecule is CN(c1ncc(-c2c[nH]c(-n3cccc3)cc2=O)nn1)C1CCNCC1. The van der Waals surface area contributed by atoms with E-state index >= 15 is 0 Å². The first kappa shape index (κ1) is 16.5. The van der Waals surface area contributed by atoms with Crippen molar-refractivity contribution in [2.24, 2.45) is 0 Å². The van der Waals surface area contributed by atoms with Gasteiger partial charge < -0.3 is 19.8 Å². The monoisotopic (exact) mass is 351 g/mol. The zero-order valence-electron chi connectivity index (χ0n) is 14.6. The molecule has 134 valence electrons. The van der Waals surface area contributed by atoms with Crippen molar-refractivity contribution >= 4 is 5.95 Å². The highest BCUT2D eigenvalue weighted by molar-refractivity contribution is 5.57. The van der Waals surface area contributed by atoms with Gasteiger partial charge in [0.15, 0.2) is 5.43 Å². The van der Waals surface area contributed by atoms with Crippen molar-refractivity contribution in [1.82, 2.24) is 30.0 Å². The van der Waals surface area contributed by atoms with Crippen LogP contribution in [0.3, 0.4) is 0 Å². The molecule has 0 amide bonds.